The molecular formula is C21H34N2O4. The molecule has 27 heavy (non-hydrogen) atoms. The molecule has 0 aliphatic carbocycles. The number of hydrogen-bond acceptors (Lipinski definition) is 4. The zero-order chi connectivity index (χ0) is 19.8. The van der Waals surface area contributed by atoms with Crippen LogP contribution in [0.4, 0.5) is 4.79 Å². The average molecular weight is 379 g/mol. The maximum Gasteiger partial charge on any atom is 0.317 e. The van der Waals surface area contributed by atoms with E-state index in [9.17, 15) is 4.79 Å². The Kier molecular flexibility index (Phi) is 8.23. The number of rotatable bonds is 8. The predicted octanol–water partition coefficient (Wildman–Crippen LogP) is 4.00. The lowest BCUT2D eigenvalue weighted by Crippen LogP contribution is -2.46. The summed E-state index contributed by atoms with van der Waals surface area (Å²) in [5.41, 5.74) is 0.987. The Morgan fingerprint density at radius 1 is 1.22 bits per heavy atom. The largest absolute Gasteiger partial charge is 0.493 e. The van der Waals surface area contributed by atoms with Crippen LogP contribution in [0.15, 0.2) is 18.2 Å². The number of carbonyl (C=O) groups excluding carboxylic acids is 1. The minimum absolute atomic E-state index is 0.0310. The van der Waals surface area contributed by atoms with Crippen molar-refractivity contribution in [2.75, 3.05) is 33.4 Å². The summed E-state index contributed by atoms with van der Waals surface area (Å²) in [7, 11) is 1.63. The third-order valence-corrected chi connectivity index (χ3v) is 4.73. The minimum Gasteiger partial charge on any atom is -0.493 e. The first-order valence-corrected chi connectivity index (χ1v) is 9.92. The molecule has 1 saturated heterocycles. The smallest absolute Gasteiger partial charge is 0.317 e. The van der Waals surface area contributed by atoms with E-state index in [0.717, 1.165) is 43.9 Å². The number of piperidine rings is 1. The number of ether oxygens (including phenoxy) is 3. The van der Waals surface area contributed by atoms with Crippen molar-refractivity contribution in [3.63, 3.8) is 0 Å². The van der Waals surface area contributed by atoms with Crippen LogP contribution in [0.1, 0.15) is 52.1 Å². The van der Waals surface area contributed by atoms with Gasteiger partial charge in [-0.1, -0.05) is 19.9 Å². The number of benzene rings is 1. The molecule has 152 valence electrons. The average Bonchev–Trinajstić information content (AvgIpc) is 2.66. The molecule has 1 N–H and O–H groups in total. The van der Waals surface area contributed by atoms with Crippen LogP contribution in [0, 0.1) is 5.92 Å². The number of carbonyl (C=O) groups is 1. The van der Waals surface area contributed by atoms with Crippen LogP contribution in [0.5, 0.6) is 11.5 Å². The molecule has 1 aliphatic rings. The van der Waals surface area contributed by atoms with Crippen molar-refractivity contribution < 1.29 is 19.0 Å². The van der Waals surface area contributed by atoms with Crippen molar-refractivity contribution in [1.29, 1.82) is 0 Å². The van der Waals surface area contributed by atoms with Crippen LogP contribution >= 0.6 is 0 Å². The second-order valence-electron chi connectivity index (χ2n) is 7.43. The quantitative estimate of drug-likeness (QED) is 0.743. The summed E-state index contributed by atoms with van der Waals surface area (Å²) in [6, 6.07) is 5.67. The Balaban J connectivity index is 1.93. The van der Waals surface area contributed by atoms with Crippen molar-refractivity contribution >= 4 is 6.03 Å². The molecule has 0 aromatic heterocycles. The summed E-state index contributed by atoms with van der Waals surface area (Å²) in [6.45, 7) is 11.0. The van der Waals surface area contributed by atoms with Gasteiger partial charge in [0.05, 0.1) is 25.9 Å². The van der Waals surface area contributed by atoms with Gasteiger partial charge in [0.2, 0.25) is 0 Å². The Bertz CT molecular complexity index is 598. The Morgan fingerprint density at radius 3 is 2.52 bits per heavy atom. The van der Waals surface area contributed by atoms with Crippen LogP contribution in [-0.4, -0.2) is 50.4 Å². The van der Waals surface area contributed by atoms with E-state index in [-0.39, 0.29) is 18.2 Å². The normalized spacial score (nSPS) is 16.3. The Labute approximate surface area is 163 Å². The summed E-state index contributed by atoms with van der Waals surface area (Å²) < 4.78 is 16.9. The molecule has 2 amide bonds. The standard InChI is InChI=1S/C21H34N2O4/c1-6-26-18-9-11-23(12-10-18)21(24)22-16(4)17-7-8-19(20(13-17)25-5)27-14-15(2)3/h7-8,13,15-16,18H,6,9-12,14H2,1-5H3,(H,22,24). The molecule has 0 bridgehead atoms. The highest BCUT2D eigenvalue weighted by Crippen LogP contribution is 2.30. The molecule has 2 rings (SSSR count). The fourth-order valence-corrected chi connectivity index (χ4v) is 3.15. The van der Waals surface area contributed by atoms with E-state index >= 15 is 0 Å². The summed E-state index contributed by atoms with van der Waals surface area (Å²) in [5, 5.41) is 3.08. The van der Waals surface area contributed by atoms with Crippen LogP contribution in [0.2, 0.25) is 0 Å². The fraction of sp³-hybridized carbons (Fsp3) is 0.667. The van der Waals surface area contributed by atoms with Crippen LogP contribution in [0.3, 0.4) is 0 Å². The second-order valence-corrected chi connectivity index (χ2v) is 7.43. The number of hydrogen-bond donors (Lipinski definition) is 1. The lowest BCUT2D eigenvalue weighted by molar-refractivity contribution is 0.0218. The summed E-state index contributed by atoms with van der Waals surface area (Å²) in [5.74, 6) is 1.86. The van der Waals surface area contributed by atoms with Gasteiger partial charge in [-0.25, -0.2) is 4.79 Å². The molecule has 0 saturated carbocycles. The Morgan fingerprint density at radius 2 is 1.93 bits per heavy atom. The molecule has 0 radical (unpaired) electrons. The van der Waals surface area contributed by atoms with E-state index in [1.807, 2.05) is 36.9 Å². The minimum atomic E-state index is -0.116. The zero-order valence-electron chi connectivity index (χ0n) is 17.3. The Hall–Kier alpha value is -1.95. The zero-order valence-corrected chi connectivity index (χ0v) is 17.3. The van der Waals surface area contributed by atoms with Crippen LogP contribution in [-0.2, 0) is 4.74 Å². The van der Waals surface area contributed by atoms with Crippen molar-refractivity contribution in [2.45, 2.75) is 52.7 Å². The monoisotopic (exact) mass is 378 g/mol. The van der Waals surface area contributed by atoms with Gasteiger partial charge in [-0.15, -0.1) is 0 Å². The number of amides is 2. The van der Waals surface area contributed by atoms with E-state index in [1.54, 1.807) is 7.11 Å². The number of urea groups is 1. The van der Waals surface area contributed by atoms with Crippen molar-refractivity contribution in [1.82, 2.24) is 10.2 Å². The predicted molar refractivity (Wildman–Crippen MR) is 106 cm³/mol. The van der Waals surface area contributed by atoms with Crippen molar-refractivity contribution in [3.8, 4) is 11.5 Å². The molecule has 1 fully saturated rings. The van der Waals surface area contributed by atoms with Gasteiger partial charge in [0.1, 0.15) is 0 Å². The van der Waals surface area contributed by atoms with E-state index in [4.69, 9.17) is 14.2 Å². The first-order valence-electron chi connectivity index (χ1n) is 9.92. The highest BCUT2D eigenvalue weighted by atomic mass is 16.5. The molecule has 6 heteroatoms. The molecule has 1 heterocycles. The van der Waals surface area contributed by atoms with Crippen LogP contribution in [0.25, 0.3) is 0 Å². The number of methoxy groups -OCH3 is 1. The van der Waals surface area contributed by atoms with Gasteiger partial charge in [-0.05, 0) is 50.3 Å². The lowest BCUT2D eigenvalue weighted by atomic mass is 10.1. The number of nitrogens with zero attached hydrogens (tertiary/aromatic N) is 1. The number of likely N-dealkylation sites (tertiary alicyclic amines) is 1. The first-order chi connectivity index (χ1) is 12.9. The molecule has 6 nitrogen and oxygen atoms in total. The summed E-state index contributed by atoms with van der Waals surface area (Å²) >= 11 is 0. The highest BCUT2D eigenvalue weighted by molar-refractivity contribution is 5.74. The third-order valence-electron chi connectivity index (χ3n) is 4.73. The van der Waals surface area contributed by atoms with Gasteiger partial charge < -0.3 is 24.4 Å². The maximum atomic E-state index is 12.6. The van der Waals surface area contributed by atoms with Crippen molar-refractivity contribution in [3.05, 3.63) is 23.8 Å². The highest BCUT2D eigenvalue weighted by Gasteiger charge is 2.24. The molecular weight excluding hydrogens is 344 g/mol. The molecule has 1 aromatic carbocycles. The number of nitrogens with one attached hydrogen (secondary N) is 1. The molecule has 1 aliphatic heterocycles. The SMILES string of the molecule is CCOC1CCN(C(=O)NC(C)c2ccc(OCC(C)C)c(OC)c2)CC1. The summed E-state index contributed by atoms with van der Waals surface area (Å²) in [4.78, 5) is 14.4. The van der Waals surface area contributed by atoms with E-state index in [1.165, 1.54) is 0 Å². The van der Waals surface area contributed by atoms with Gasteiger partial charge in [0, 0.05) is 19.7 Å². The van der Waals surface area contributed by atoms with E-state index < -0.39 is 0 Å². The summed E-state index contributed by atoms with van der Waals surface area (Å²) in [6.07, 6.45) is 2.07. The maximum absolute atomic E-state index is 12.6. The molecule has 1 atom stereocenters. The van der Waals surface area contributed by atoms with Gasteiger partial charge >= 0.3 is 6.03 Å². The van der Waals surface area contributed by atoms with Crippen LogP contribution < -0.4 is 14.8 Å². The van der Waals surface area contributed by atoms with Crippen molar-refractivity contribution in [2.24, 2.45) is 5.92 Å². The topological polar surface area (TPSA) is 60.0 Å². The first kappa shape index (κ1) is 21.4. The molecule has 0 spiro atoms. The molecule has 1 unspecified atom stereocenters. The van der Waals surface area contributed by atoms with E-state index in [2.05, 4.69) is 19.2 Å². The lowest BCUT2D eigenvalue weighted by Gasteiger charge is -2.32. The third kappa shape index (κ3) is 6.31. The van der Waals surface area contributed by atoms with Gasteiger partial charge in [-0.3, -0.25) is 0 Å². The van der Waals surface area contributed by atoms with Gasteiger partial charge in [-0.2, -0.15) is 0 Å². The second kappa shape index (κ2) is 10.4. The van der Waals surface area contributed by atoms with Gasteiger partial charge in [0.25, 0.3) is 0 Å². The fourth-order valence-electron chi connectivity index (χ4n) is 3.15. The van der Waals surface area contributed by atoms with E-state index in [0.29, 0.717) is 18.3 Å². The molecule has 1 aromatic rings. The van der Waals surface area contributed by atoms with Gasteiger partial charge in [0.15, 0.2) is 11.5 Å².